The van der Waals surface area contributed by atoms with Gasteiger partial charge in [-0.15, -0.1) is 0 Å². The summed E-state index contributed by atoms with van der Waals surface area (Å²) in [6, 6.07) is 7.13. The van der Waals surface area contributed by atoms with Crippen LogP contribution in [0.15, 0.2) is 36.4 Å². The Balaban J connectivity index is 2.08. The van der Waals surface area contributed by atoms with E-state index in [1.807, 2.05) is 0 Å². The van der Waals surface area contributed by atoms with Crippen molar-refractivity contribution in [3.63, 3.8) is 0 Å². The third-order valence-electron chi connectivity index (χ3n) is 3.12. The number of hydrogen-bond acceptors (Lipinski definition) is 2. The Morgan fingerprint density at radius 1 is 1.08 bits per heavy atom. The SMILES string of the molecule is C[C@H](Oc1ccc(Cl)cc1Cl)C(=O)Nc1ccc(C(F)(F)F)cc1Cl. The first-order valence-corrected chi connectivity index (χ1v) is 8.00. The monoisotopic (exact) mass is 411 g/mol. The van der Waals surface area contributed by atoms with Gasteiger partial charge in [0.15, 0.2) is 6.10 Å². The number of ether oxygens (including phenoxy) is 1. The molecule has 9 heteroatoms. The Hall–Kier alpha value is -1.63. The van der Waals surface area contributed by atoms with Gasteiger partial charge in [0.25, 0.3) is 5.91 Å². The molecule has 134 valence electrons. The number of alkyl halides is 3. The lowest BCUT2D eigenvalue weighted by Gasteiger charge is -2.17. The molecule has 0 radical (unpaired) electrons. The van der Waals surface area contributed by atoms with Crippen molar-refractivity contribution in [3.8, 4) is 5.75 Å². The molecule has 0 bridgehead atoms. The normalized spacial score (nSPS) is 12.6. The first-order valence-electron chi connectivity index (χ1n) is 6.87. The van der Waals surface area contributed by atoms with Gasteiger partial charge in [0.2, 0.25) is 0 Å². The molecule has 0 saturated heterocycles. The van der Waals surface area contributed by atoms with Crippen LogP contribution >= 0.6 is 34.8 Å². The standard InChI is InChI=1S/C16H11Cl3F3NO2/c1-8(25-14-5-3-10(17)7-12(14)19)15(24)23-13-4-2-9(6-11(13)18)16(20,21)22/h2-8H,1H3,(H,23,24)/t8-/m0/s1. The highest BCUT2D eigenvalue weighted by Gasteiger charge is 2.31. The summed E-state index contributed by atoms with van der Waals surface area (Å²) in [6.45, 7) is 1.46. The Morgan fingerprint density at radius 2 is 1.76 bits per heavy atom. The van der Waals surface area contributed by atoms with Crippen molar-refractivity contribution in [2.45, 2.75) is 19.2 Å². The second kappa shape index (κ2) is 7.72. The summed E-state index contributed by atoms with van der Waals surface area (Å²) in [6.07, 6.45) is -5.49. The molecule has 0 aliphatic rings. The molecule has 2 aromatic rings. The molecule has 1 atom stereocenters. The molecule has 0 aliphatic carbocycles. The molecular weight excluding hydrogens is 402 g/mol. The van der Waals surface area contributed by atoms with Crippen LogP contribution in [0.3, 0.4) is 0 Å². The van der Waals surface area contributed by atoms with Crippen LogP contribution in [-0.4, -0.2) is 12.0 Å². The van der Waals surface area contributed by atoms with Gasteiger partial charge in [-0.3, -0.25) is 4.79 Å². The Labute approximate surface area is 156 Å². The fraction of sp³-hybridized carbons (Fsp3) is 0.188. The number of anilines is 1. The minimum absolute atomic E-state index is 0.0392. The van der Waals surface area contributed by atoms with E-state index in [1.54, 1.807) is 6.07 Å². The zero-order valence-electron chi connectivity index (χ0n) is 12.6. The van der Waals surface area contributed by atoms with Crippen LogP contribution in [-0.2, 0) is 11.0 Å². The second-order valence-electron chi connectivity index (χ2n) is 5.02. The van der Waals surface area contributed by atoms with Crippen LogP contribution < -0.4 is 10.1 Å². The topological polar surface area (TPSA) is 38.3 Å². The van der Waals surface area contributed by atoms with Gasteiger partial charge < -0.3 is 10.1 Å². The van der Waals surface area contributed by atoms with Crippen molar-refractivity contribution in [1.29, 1.82) is 0 Å². The number of benzene rings is 2. The summed E-state index contributed by atoms with van der Waals surface area (Å²) in [5, 5.41) is 2.80. The summed E-state index contributed by atoms with van der Waals surface area (Å²) in [4.78, 5) is 12.1. The molecule has 3 nitrogen and oxygen atoms in total. The van der Waals surface area contributed by atoms with Crippen LogP contribution in [0.2, 0.25) is 15.1 Å². The van der Waals surface area contributed by atoms with Crippen molar-refractivity contribution in [1.82, 2.24) is 0 Å². The lowest BCUT2D eigenvalue weighted by molar-refractivity contribution is -0.137. The molecule has 0 spiro atoms. The number of hydrogen-bond donors (Lipinski definition) is 1. The molecule has 1 N–H and O–H groups in total. The number of carbonyl (C=O) groups excluding carboxylic acids is 1. The lowest BCUT2D eigenvalue weighted by atomic mass is 10.2. The minimum Gasteiger partial charge on any atom is -0.479 e. The Bertz CT molecular complexity index is 797. The van der Waals surface area contributed by atoms with Gasteiger partial charge in [-0.05, 0) is 43.3 Å². The van der Waals surface area contributed by atoms with E-state index in [0.29, 0.717) is 5.02 Å². The number of nitrogens with one attached hydrogen (secondary N) is 1. The molecule has 0 aromatic heterocycles. The third-order valence-corrected chi connectivity index (χ3v) is 3.96. The van der Waals surface area contributed by atoms with E-state index >= 15 is 0 Å². The second-order valence-corrected chi connectivity index (χ2v) is 6.27. The molecule has 2 aromatic carbocycles. The van der Waals surface area contributed by atoms with Crippen molar-refractivity contribution in [3.05, 3.63) is 57.0 Å². The molecular formula is C16H11Cl3F3NO2. The predicted molar refractivity (Wildman–Crippen MR) is 91.6 cm³/mol. The van der Waals surface area contributed by atoms with Gasteiger partial charge in [0.1, 0.15) is 5.75 Å². The molecule has 25 heavy (non-hydrogen) atoms. The maximum absolute atomic E-state index is 12.6. The maximum Gasteiger partial charge on any atom is 0.416 e. The molecule has 1 amide bonds. The van der Waals surface area contributed by atoms with Crippen LogP contribution in [0.25, 0.3) is 0 Å². The first kappa shape index (κ1) is 19.7. The number of carbonyl (C=O) groups is 1. The number of halogens is 6. The molecule has 0 unspecified atom stereocenters. The summed E-state index contributed by atoms with van der Waals surface area (Å²) in [7, 11) is 0. The fourth-order valence-electron chi connectivity index (χ4n) is 1.84. The highest BCUT2D eigenvalue weighted by Crippen LogP contribution is 2.34. The van der Waals surface area contributed by atoms with E-state index in [1.165, 1.54) is 19.1 Å². The van der Waals surface area contributed by atoms with Crippen molar-refractivity contribution in [2.24, 2.45) is 0 Å². The van der Waals surface area contributed by atoms with E-state index in [-0.39, 0.29) is 21.5 Å². The third kappa shape index (κ3) is 5.17. The van der Waals surface area contributed by atoms with Gasteiger partial charge in [0, 0.05) is 5.02 Å². The van der Waals surface area contributed by atoms with Gasteiger partial charge in [-0.25, -0.2) is 0 Å². The van der Waals surface area contributed by atoms with Gasteiger partial charge >= 0.3 is 6.18 Å². The highest BCUT2D eigenvalue weighted by atomic mass is 35.5. The van der Waals surface area contributed by atoms with E-state index in [0.717, 1.165) is 18.2 Å². The van der Waals surface area contributed by atoms with Gasteiger partial charge in [-0.2, -0.15) is 13.2 Å². The number of amides is 1. The van der Waals surface area contributed by atoms with E-state index in [2.05, 4.69) is 5.32 Å². The zero-order chi connectivity index (χ0) is 18.8. The quantitative estimate of drug-likeness (QED) is 0.662. The first-order chi connectivity index (χ1) is 11.6. The molecule has 0 heterocycles. The minimum atomic E-state index is -4.52. The zero-order valence-corrected chi connectivity index (χ0v) is 14.9. The van der Waals surface area contributed by atoms with Crippen LogP contribution in [0.5, 0.6) is 5.75 Å². The summed E-state index contributed by atoms with van der Waals surface area (Å²) in [5.74, 6) is -0.361. The summed E-state index contributed by atoms with van der Waals surface area (Å²) >= 11 is 17.5. The summed E-state index contributed by atoms with van der Waals surface area (Å²) < 4.78 is 43.3. The molecule has 2 rings (SSSR count). The van der Waals surface area contributed by atoms with E-state index in [4.69, 9.17) is 39.5 Å². The van der Waals surface area contributed by atoms with E-state index in [9.17, 15) is 18.0 Å². The largest absolute Gasteiger partial charge is 0.479 e. The smallest absolute Gasteiger partial charge is 0.416 e. The Morgan fingerprint density at radius 3 is 2.32 bits per heavy atom. The van der Waals surface area contributed by atoms with Gasteiger partial charge in [0.05, 0.1) is 21.3 Å². The van der Waals surface area contributed by atoms with Crippen LogP contribution in [0.4, 0.5) is 18.9 Å². The Kier molecular flexibility index (Phi) is 6.08. The van der Waals surface area contributed by atoms with Crippen molar-refractivity contribution >= 4 is 46.4 Å². The molecule has 0 fully saturated rings. The van der Waals surface area contributed by atoms with Crippen molar-refractivity contribution in [2.75, 3.05) is 5.32 Å². The maximum atomic E-state index is 12.6. The van der Waals surface area contributed by atoms with E-state index < -0.39 is 23.8 Å². The average Bonchev–Trinajstić information content (AvgIpc) is 2.50. The van der Waals surface area contributed by atoms with Crippen molar-refractivity contribution < 1.29 is 22.7 Å². The van der Waals surface area contributed by atoms with Gasteiger partial charge in [-0.1, -0.05) is 34.8 Å². The highest BCUT2D eigenvalue weighted by molar-refractivity contribution is 6.35. The predicted octanol–water partition coefficient (Wildman–Crippen LogP) is 6.07. The average molecular weight is 413 g/mol. The fourth-order valence-corrected chi connectivity index (χ4v) is 2.52. The number of rotatable bonds is 4. The molecule has 0 aliphatic heterocycles. The summed E-state index contributed by atoms with van der Waals surface area (Å²) in [5.41, 5.74) is -0.870. The molecule has 0 saturated carbocycles. The van der Waals surface area contributed by atoms with Crippen LogP contribution in [0.1, 0.15) is 12.5 Å². The lowest BCUT2D eigenvalue weighted by Crippen LogP contribution is -2.30. The van der Waals surface area contributed by atoms with Crippen LogP contribution in [0, 0.1) is 0 Å².